The van der Waals surface area contributed by atoms with Crippen molar-refractivity contribution in [3.63, 3.8) is 0 Å². The lowest BCUT2D eigenvalue weighted by atomic mass is 9.77. The topological polar surface area (TPSA) is 0 Å². The molecule has 0 aliphatic heterocycles. The third-order valence-electron chi connectivity index (χ3n) is 26.9. The van der Waals surface area contributed by atoms with Crippen LogP contribution < -0.4 is 0 Å². The van der Waals surface area contributed by atoms with Gasteiger partial charge in [0.05, 0.1) is 0 Å². The highest BCUT2D eigenvalue weighted by Gasteiger charge is 2.31. The van der Waals surface area contributed by atoms with Gasteiger partial charge in [-0.3, -0.25) is 0 Å². The van der Waals surface area contributed by atoms with E-state index in [9.17, 15) is 0 Å². The van der Waals surface area contributed by atoms with Gasteiger partial charge in [-0.05, 0) is 232 Å². The number of hydrogen-bond donors (Lipinski definition) is 0. The highest BCUT2D eigenvalue weighted by atomic mass is 14.4. The fraction of sp³-hybridized carbons (Fsp3) is 0.918. The summed E-state index contributed by atoms with van der Waals surface area (Å²) in [6.45, 7) is 65.0. The lowest BCUT2D eigenvalue weighted by molar-refractivity contribution is 0.219. The Bertz CT molecular complexity index is 1820. The van der Waals surface area contributed by atoms with E-state index in [1.807, 2.05) is 0 Å². The molecular formula is C97H186. The molecule has 574 valence electrons. The maximum atomic E-state index is 2.38. The first-order chi connectivity index (χ1) is 45.3. The lowest BCUT2D eigenvalue weighted by Gasteiger charge is -2.29. The Kier molecular flexibility index (Phi) is 49.6. The first kappa shape index (κ1) is 94.0. The van der Waals surface area contributed by atoms with Crippen LogP contribution in [0.3, 0.4) is 0 Å². The smallest absolute Gasteiger partial charge is 0.00815 e. The molecule has 0 aromatic rings. The van der Waals surface area contributed by atoms with E-state index in [1.54, 1.807) is 0 Å². The molecule has 12 atom stereocenters. The Hall–Kier alpha value is -1.04. The molecule has 0 N–H and O–H groups in total. The highest BCUT2D eigenvalue weighted by Crippen LogP contribution is 2.44. The first-order valence-electron chi connectivity index (χ1n) is 44.0. The second-order valence-corrected chi connectivity index (χ2v) is 40.9. The fourth-order valence-corrected chi connectivity index (χ4v) is 15.5. The zero-order valence-corrected chi connectivity index (χ0v) is 72.4. The van der Waals surface area contributed by atoms with Gasteiger partial charge in [-0.25, -0.2) is 0 Å². The van der Waals surface area contributed by atoms with Crippen LogP contribution >= 0.6 is 0 Å². The van der Waals surface area contributed by atoms with Gasteiger partial charge >= 0.3 is 0 Å². The average molecular weight is 1350 g/mol. The summed E-state index contributed by atoms with van der Waals surface area (Å²) >= 11 is 0. The van der Waals surface area contributed by atoms with Crippen molar-refractivity contribution in [3.8, 4) is 0 Å². The molecule has 14 rings (SSSR count). The number of allylic oxidation sites excluding steroid dienone is 8. The van der Waals surface area contributed by atoms with Gasteiger partial charge in [0.15, 0.2) is 0 Å². The zero-order chi connectivity index (χ0) is 73.4. The Balaban J connectivity index is 0.000000523. The van der Waals surface area contributed by atoms with Crippen molar-refractivity contribution in [2.75, 3.05) is 0 Å². The van der Waals surface area contributed by atoms with Crippen LogP contribution in [0.15, 0.2) is 47.6 Å². The molecule has 0 radical (unpaired) electrons. The van der Waals surface area contributed by atoms with E-state index >= 15 is 0 Å². The van der Waals surface area contributed by atoms with E-state index in [0.29, 0.717) is 28.1 Å². The van der Waals surface area contributed by atoms with Crippen LogP contribution in [-0.2, 0) is 0 Å². The summed E-state index contributed by atoms with van der Waals surface area (Å²) in [4.78, 5) is 0. The predicted molar refractivity (Wildman–Crippen MR) is 446 cm³/mol. The van der Waals surface area contributed by atoms with Gasteiger partial charge in [0, 0.05) is 0 Å². The first-order valence-corrected chi connectivity index (χ1v) is 44.0. The van der Waals surface area contributed by atoms with Crippen molar-refractivity contribution >= 4 is 0 Å². The Morgan fingerprint density at radius 2 is 0.423 bits per heavy atom. The van der Waals surface area contributed by atoms with Gasteiger partial charge in [0.2, 0.25) is 0 Å². The lowest BCUT2D eigenvalue weighted by Crippen LogP contribution is -2.18. The van der Waals surface area contributed by atoms with Crippen LogP contribution in [0, 0.1) is 128 Å². The van der Waals surface area contributed by atoms with Crippen molar-refractivity contribution < 1.29 is 0 Å². The minimum Gasteiger partial charge on any atom is -0.0813 e. The van der Waals surface area contributed by atoms with Gasteiger partial charge in [-0.15, -0.1) is 0 Å². The summed E-state index contributed by atoms with van der Waals surface area (Å²) in [6, 6.07) is 0. The van der Waals surface area contributed by atoms with E-state index in [-0.39, 0.29) is 0 Å². The van der Waals surface area contributed by atoms with E-state index in [2.05, 4.69) is 230 Å². The van der Waals surface area contributed by atoms with Crippen molar-refractivity contribution in [2.24, 2.45) is 128 Å². The second kappa shape index (κ2) is 51.2. The third-order valence-corrected chi connectivity index (χ3v) is 26.9. The largest absolute Gasteiger partial charge is 0.0813 e. The molecule has 0 unspecified atom stereocenters. The molecule has 0 amide bonds. The molecule has 97 heavy (non-hydrogen) atoms. The number of rotatable bonds is 0. The van der Waals surface area contributed by atoms with Crippen LogP contribution in [0.25, 0.3) is 0 Å². The summed E-state index contributed by atoms with van der Waals surface area (Å²) in [5.74, 6) is 17.8. The second-order valence-electron chi connectivity index (χ2n) is 40.9. The van der Waals surface area contributed by atoms with Gasteiger partial charge in [0.1, 0.15) is 0 Å². The highest BCUT2D eigenvalue weighted by molar-refractivity contribution is 5.18. The van der Waals surface area contributed by atoms with E-state index < -0.39 is 0 Å². The summed E-state index contributed by atoms with van der Waals surface area (Å²) in [6.07, 6.45) is 70.2. The van der Waals surface area contributed by atoms with Crippen LogP contribution in [-0.4, -0.2) is 0 Å². The molecule has 0 heteroatoms. The van der Waals surface area contributed by atoms with Crippen LogP contribution in [0.4, 0.5) is 0 Å². The summed E-state index contributed by atoms with van der Waals surface area (Å²) in [5.41, 5.74) is 5.82. The fourth-order valence-electron chi connectivity index (χ4n) is 15.5. The van der Waals surface area contributed by atoms with Crippen LogP contribution in [0.5, 0.6) is 0 Å². The van der Waals surface area contributed by atoms with Crippen molar-refractivity contribution in [1.82, 2.24) is 0 Å². The molecular weight excluding hydrogens is 1170 g/mol. The molecule has 0 aromatic carbocycles. The van der Waals surface area contributed by atoms with E-state index in [1.165, 1.54) is 262 Å². The quantitative estimate of drug-likeness (QED) is 0.212. The third kappa shape index (κ3) is 52.6. The molecule has 14 aliphatic rings. The molecule has 0 bridgehead atoms. The van der Waals surface area contributed by atoms with Crippen molar-refractivity contribution in [3.05, 3.63) is 47.6 Å². The zero-order valence-electron chi connectivity index (χ0n) is 72.4. The van der Waals surface area contributed by atoms with E-state index in [4.69, 9.17) is 0 Å². The van der Waals surface area contributed by atoms with E-state index in [0.717, 1.165) is 100 Å². The van der Waals surface area contributed by atoms with Gasteiger partial charge < -0.3 is 0 Å². The molecule has 0 nitrogen and oxygen atoms in total. The van der Waals surface area contributed by atoms with Crippen molar-refractivity contribution in [1.29, 1.82) is 0 Å². The van der Waals surface area contributed by atoms with Gasteiger partial charge in [-0.1, -0.05) is 388 Å². The minimum atomic E-state index is 0.659. The summed E-state index contributed by atoms with van der Waals surface area (Å²) in [7, 11) is 0. The Morgan fingerprint density at radius 1 is 0.216 bits per heavy atom. The SMILES string of the molecule is CC1(C)CC1.CC1(C)CCCC1.CC1(C)CCCCC1.CC1(C)CCCCC1.CC1=CCC(C)=CC1.CC1C=CC(C)C=C1.CC1CC(C)C1.CC1CCC(C)CC1.C[C@@H]1CCCC[C@@H]1C.C[C@@H]1CCC[C@@H]1C.C[C@@H]1CC[C@@H]1C.C[C@@H]1CC[C@@H]1C.C[C@@H]1CC[C@H](C)C1.C[C@@H]1C[C@@H]1C. The average Bonchev–Trinajstić information content (AvgIpc) is 1.83. The van der Waals surface area contributed by atoms with Crippen LogP contribution in [0.1, 0.15) is 444 Å². The normalized spacial score (nSPS) is 36.2. The maximum absolute atomic E-state index is 2.38. The molecule has 12 fully saturated rings. The Morgan fingerprint density at radius 3 is 0.546 bits per heavy atom. The maximum Gasteiger partial charge on any atom is -0.00815 e. The molecule has 0 saturated heterocycles. The molecule has 0 spiro atoms. The molecule has 12 saturated carbocycles. The Labute approximate surface area is 616 Å². The summed E-state index contributed by atoms with van der Waals surface area (Å²) < 4.78 is 0. The molecule has 0 heterocycles. The van der Waals surface area contributed by atoms with Gasteiger partial charge in [0.25, 0.3) is 0 Å². The predicted octanol–water partition coefficient (Wildman–Crippen LogP) is 33.8. The monoisotopic (exact) mass is 1350 g/mol. The minimum absolute atomic E-state index is 0.659. The standard InChI is InChI=1S/C8H16.2C8H12.3C8H16.3C7H14.3C6H12.2C5H10/c3*1-7-3-5-8(2)6-4-7;2*1-8(2)6-4-3-5-7-8;1-7-5-3-4-6-8(7)2;1-6-3-4-7(2)5-6;1-7(2)5-3-4-6-7;1-6-4-3-5-7(6)2;1-5-3-6(2)4-5;2*1-5-3-4-6(5)2;1-5(2)3-4-5;1-4-3-5(4)2/h7-8H,3-6H2,1-2H3;3,6H,4-5H2,1-2H3;3-8H,1-2H3;2*3-7H2,1-2H3;7-8H,3-6H2,1-2H3;6-7H,3-5H2,1-2H3;3-6H2,1-2H3;6-7H,3-5H2,1-2H3;3*5-6H,3-4H2,1-2H3;3-4H2,1-2H3;4-5H,3H2,1-2H3/t;;;;;7-,8+;6-,7+;;6-,7+;;2*5-,6+;;4-,5+. The van der Waals surface area contributed by atoms with Crippen LogP contribution in [0.2, 0.25) is 0 Å². The molecule has 0 aromatic heterocycles. The molecule has 14 aliphatic carbocycles. The van der Waals surface area contributed by atoms with Crippen molar-refractivity contribution in [2.45, 2.75) is 444 Å². The number of hydrogen-bond acceptors (Lipinski definition) is 0. The summed E-state index contributed by atoms with van der Waals surface area (Å²) in [5, 5.41) is 0. The van der Waals surface area contributed by atoms with Gasteiger partial charge in [-0.2, -0.15) is 0 Å².